The van der Waals surface area contributed by atoms with E-state index < -0.39 is 74.4 Å². The summed E-state index contributed by atoms with van der Waals surface area (Å²) in [6.45, 7) is 17.1. The molecule has 0 spiro atoms. The van der Waals surface area contributed by atoms with Gasteiger partial charge in [0.05, 0.1) is 11.8 Å². The number of Topliss-reactive ketones (excluding diaryl/α,β-unsaturated/α-hetero) is 1. The third-order valence-corrected chi connectivity index (χ3v) is 11.7. The van der Waals surface area contributed by atoms with E-state index in [2.05, 4.69) is 41.1 Å². The predicted molar refractivity (Wildman–Crippen MR) is 190 cm³/mol. The Kier molecular flexibility index (Phi) is 14.0. The molecule has 1 unspecified atom stereocenters. The molecule has 278 valence electrons. The quantitative estimate of drug-likeness (QED) is 0.133. The fourth-order valence-electron chi connectivity index (χ4n) is 7.31. The summed E-state index contributed by atoms with van der Waals surface area (Å²) in [5.41, 5.74) is -1.42. The molecule has 5 atom stereocenters. The second-order valence-electron chi connectivity index (χ2n) is 16.3. The maximum Gasteiger partial charge on any atom is 0.289 e. The molecule has 49 heavy (non-hydrogen) atoms. The zero-order valence-corrected chi connectivity index (χ0v) is 31.5. The first-order valence-corrected chi connectivity index (χ1v) is 19.8. The van der Waals surface area contributed by atoms with Crippen molar-refractivity contribution in [3.8, 4) is 0 Å². The van der Waals surface area contributed by atoms with Gasteiger partial charge in [0.15, 0.2) is 0 Å². The zero-order chi connectivity index (χ0) is 36.7. The Balaban J connectivity index is 1.91. The predicted octanol–water partition coefficient (Wildman–Crippen LogP) is 3.22. The van der Waals surface area contributed by atoms with Crippen molar-refractivity contribution < 1.29 is 32.4 Å². The third-order valence-electron chi connectivity index (χ3n) is 10.3. The van der Waals surface area contributed by atoms with Gasteiger partial charge in [-0.1, -0.05) is 79.7 Å². The van der Waals surface area contributed by atoms with Crippen LogP contribution in [0.15, 0.2) is 12.7 Å². The summed E-state index contributed by atoms with van der Waals surface area (Å²) in [7, 11) is -3.75. The number of hydrogen-bond acceptors (Lipinski definition) is 7. The molecule has 2 aliphatic carbocycles. The second-order valence-corrected chi connectivity index (χ2v) is 18.4. The summed E-state index contributed by atoms with van der Waals surface area (Å²) in [5, 5.41) is 8.27. The maximum absolute atomic E-state index is 14.6. The molecule has 3 rings (SSSR count). The van der Waals surface area contributed by atoms with Crippen molar-refractivity contribution in [2.24, 2.45) is 28.6 Å². The van der Waals surface area contributed by atoms with Gasteiger partial charge in [0.1, 0.15) is 18.1 Å². The standard InChI is InChI=1S/C36H61N5O7S/c1-9-18-37-32(44)28(42)26(20-24-14-15-24)38-31(43)27-21-25(19-23(3)4)22-41(27)34(46)30(35(5,6)7)39-33(45)29(40-49(47,48)10-2)36(8)16-12-11-13-17-36/h9,23-27,29-30,40H,1,10-22H2,2-8H3,(H,37,44)(H,38,43)(H,39,45)/t25-,26?,27+,29-,30-/m1/s1. The van der Waals surface area contributed by atoms with E-state index in [1.165, 1.54) is 17.9 Å². The molecule has 0 aromatic heterocycles. The molecule has 0 aromatic carbocycles. The highest BCUT2D eigenvalue weighted by Gasteiger charge is 2.48. The number of carbonyl (C=O) groups is 5. The molecule has 4 N–H and O–H groups in total. The van der Waals surface area contributed by atoms with E-state index in [1.807, 2.05) is 27.7 Å². The minimum Gasteiger partial charge on any atom is -0.346 e. The number of hydrogen-bond donors (Lipinski definition) is 4. The topological polar surface area (TPSA) is 171 Å². The molecule has 3 aliphatic rings. The minimum atomic E-state index is -3.75. The molecule has 0 radical (unpaired) electrons. The molecule has 1 heterocycles. The van der Waals surface area contributed by atoms with Crippen LogP contribution in [0.5, 0.6) is 0 Å². The molecule has 2 saturated carbocycles. The Labute approximate surface area is 293 Å². The van der Waals surface area contributed by atoms with E-state index >= 15 is 0 Å². The van der Waals surface area contributed by atoms with E-state index in [0.717, 1.165) is 38.5 Å². The largest absolute Gasteiger partial charge is 0.346 e. The number of nitrogens with zero attached hydrogens (tertiary/aromatic N) is 1. The minimum absolute atomic E-state index is 0.00903. The molecule has 0 aromatic rings. The highest BCUT2D eigenvalue weighted by atomic mass is 32.2. The summed E-state index contributed by atoms with van der Waals surface area (Å²) < 4.78 is 28.3. The van der Waals surface area contributed by atoms with Crippen LogP contribution >= 0.6 is 0 Å². The van der Waals surface area contributed by atoms with E-state index in [4.69, 9.17) is 0 Å². The van der Waals surface area contributed by atoms with E-state index in [1.54, 1.807) is 0 Å². The molecular formula is C36H61N5O7S. The van der Waals surface area contributed by atoms with Crippen molar-refractivity contribution in [2.75, 3.05) is 18.8 Å². The average molecular weight is 708 g/mol. The number of likely N-dealkylation sites (tertiary alicyclic amines) is 1. The number of carbonyl (C=O) groups excluding carboxylic acids is 5. The van der Waals surface area contributed by atoms with Gasteiger partial charge in [-0.15, -0.1) is 6.58 Å². The third kappa shape index (κ3) is 11.4. The highest BCUT2D eigenvalue weighted by Crippen LogP contribution is 2.40. The van der Waals surface area contributed by atoms with Gasteiger partial charge in [0, 0.05) is 13.1 Å². The molecule has 4 amide bonds. The molecule has 13 heteroatoms. The number of sulfonamides is 1. The van der Waals surface area contributed by atoms with Crippen LogP contribution in [0.4, 0.5) is 0 Å². The van der Waals surface area contributed by atoms with Crippen LogP contribution in [0.1, 0.15) is 113 Å². The number of rotatable bonds is 17. The lowest BCUT2D eigenvalue weighted by molar-refractivity contribution is -0.145. The normalized spacial score (nSPS) is 22.9. The first kappa shape index (κ1) is 40.6. The maximum atomic E-state index is 14.6. The summed E-state index contributed by atoms with van der Waals surface area (Å²) in [6.07, 6.45) is 8.89. The molecular weight excluding hydrogens is 646 g/mol. The summed E-state index contributed by atoms with van der Waals surface area (Å²) in [5.74, 6) is -2.65. The molecule has 12 nitrogen and oxygen atoms in total. The Hall–Kier alpha value is -2.80. The van der Waals surface area contributed by atoms with Crippen molar-refractivity contribution in [3.63, 3.8) is 0 Å². The lowest BCUT2D eigenvalue weighted by Crippen LogP contribution is -2.63. The van der Waals surface area contributed by atoms with Crippen molar-refractivity contribution >= 4 is 39.4 Å². The van der Waals surface area contributed by atoms with Crippen LogP contribution in [0.3, 0.4) is 0 Å². The highest BCUT2D eigenvalue weighted by molar-refractivity contribution is 7.89. The van der Waals surface area contributed by atoms with E-state index in [9.17, 15) is 32.4 Å². The van der Waals surface area contributed by atoms with E-state index in [0.29, 0.717) is 38.1 Å². The zero-order valence-electron chi connectivity index (χ0n) is 30.7. The van der Waals surface area contributed by atoms with Crippen molar-refractivity contribution in [3.05, 3.63) is 12.7 Å². The number of amides is 4. The lowest BCUT2D eigenvalue weighted by atomic mass is 9.70. The molecule has 0 bridgehead atoms. The molecule has 1 saturated heterocycles. The van der Waals surface area contributed by atoms with Crippen LogP contribution in [-0.4, -0.2) is 85.7 Å². The summed E-state index contributed by atoms with van der Waals surface area (Å²) in [4.78, 5) is 70.0. The van der Waals surface area contributed by atoms with Gasteiger partial charge in [-0.25, -0.2) is 13.1 Å². The molecule has 1 aliphatic heterocycles. The first-order valence-electron chi connectivity index (χ1n) is 18.2. The van der Waals surface area contributed by atoms with Crippen molar-refractivity contribution in [1.29, 1.82) is 0 Å². The van der Waals surface area contributed by atoms with Crippen LogP contribution in [0, 0.1) is 28.6 Å². The van der Waals surface area contributed by atoms with Crippen molar-refractivity contribution in [2.45, 2.75) is 137 Å². The molecule has 3 fully saturated rings. The number of nitrogens with one attached hydrogen (secondary N) is 4. The average Bonchev–Trinajstić information content (AvgIpc) is 3.75. The Morgan fingerprint density at radius 2 is 1.61 bits per heavy atom. The van der Waals surface area contributed by atoms with Gasteiger partial charge in [-0.3, -0.25) is 24.0 Å². The number of ketones is 1. The van der Waals surface area contributed by atoms with Gasteiger partial charge >= 0.3 is 0 Å². The monoisotopic (exact) mass is 707 g/mol. The van der Waals surface area contributed by atoms with Crippen LogP contribution in [0.2, 0.25) is 0 Å². The van der Waals surface area contributed by atoms with Crippen LogP contribution in [0.25, 0.3) is 0 Å². The smallest absolute Gasteiger partial charge is 0.289 e. The first-order chi connectivity index (χ1) is 22.8. The SMILES string of the molecule is C=CCNC(=O)C(=O)C(CC1CC1)NC(=O)[C@@H]1C[C@@H](CC(C)C)CN1C(=O)[C@@H](NC(=O)[C@@H](NS(=O)(=O)CC)C1(C)CCCCC1)C(C)(C)C. The lowest BCUT2D eigenvalue weighted by Gasteiger charge is -2.42. The second kappa shape index (κ2) is 16.9. The fraction of sp³-hybridized carbons (Fsp3) is 0.806. The summed E-state index contributed by atoms with van der Waals surface area (Å²) >= 11 is 0. The Morgan fingerprint density at radius 3 is 2.14 bits per heavy atom. The van der Waals surface area contributed by atoms with Crippen LogP contribution in [-0.2, 0) is 34.0 Å². The van der Waals surface area contributed by atoms with Gasteiger partial charge in [-0.2, -0.15) is 0 Å². The van der Waals surface area contributed by atoms with E-state index in [-0.39, 0.29) is 24.1 Å². The summed E-state index contributed by atoms with van der Waals surface area (Å²) in [6, 6.07) is -4.06. The van der Waals surface area contributed by atoms with Crippen molar-refractivity contribution in [1.82, 2.24) is 25.6 Å². The fourth-order valence-corrected chi connectivity index (χ4v) is 8.23. The van der Waals surface area contributed by atoms with Gasteiger partial charge in [-0.05, 0) is 67.6 Å². The Bertz CT molecular complexity index is 1330. The van der Waals surface area contributed by atoms with Crippen LogP contribution < -0.4 is 20.7 Å². The van der Waals surface area contributed by atoms with Gasteiger partial charge < -0.3 is 20.9 Å². The van der Waals surface area contributed by atoms with Gasteiger partial charge in [0.25, 0.3) is 5.91 Å². The van der Waals surface area contributed by atoms with Gasteiger partial charge in [0.2, 0.25) is 33.5 Å². The Morgan fingerprint density at radius 1 is 0.980 bits per heavy atom.